The molecule has 2 N–H and O–H groups in total. The van der Waals surface area contributed by atoms with E-state index in [0.29, 0.717) is 5.69 Å². The fourth-order valence-electron chi connectivity index (χ4n) is 3.63. The number of hydrogen-bond donors (Lipinski definition) is 2. The number of nitrogens with one attached hydrogen (secondary N) is 2. The van der Waals surface area contributed by atoms with Gasteiger partial charge in [0.05, 0.1) is 6.04 Å². The van der Waals surface area contributed by atoms with E-state index in [-0.39, 0.29) is 11.9 Å². The predicted molar refractivity (Wildman–Crippen MR) is 118 cm³/mol. The zero-order valence-corrected chi connectivity index (χ0v) is 16.6. The van der Waals surface area contributed by atoms with Crippen molar-refractivity contribution in [3.05, 3.63) is 84.2 Å². The Kier molecular flexibility index (Phi) is 5.75. The van der Waals surface area contributed by atoms with Gasteiger partial charge in [-0.2, -0.15) is 0 Å². The molecule has 5 nitrogen and oxygen atoms in total. The molecule has 1 aliphatic rings. The van der Waals surface area contributed by atoms with Crippen LogP contribution in [0.1, 0.15) is 41.9 Å². The van der Waals surface area contributed by atoms with Crippen LogP contribution in [0.3, 0.4) is 0 Å². The summed E-state index contributed by atoms with van der Waals surface area (Å²) in [7, 11) is 0. The zero-order chi connectivity index (χ0) is 20.1. The lowest BCUT2D eigenvalue weighted by Gasteiger charge is -2.18. The normalized spacial score (nSPS) is 14.4. The first-order valence-electron chi connectivity index (χ1n) is 10.1. The third-order valence-corrected chi connectivity index (χ3v) is 5.27. The van der Waals surface area contributed by atoms with Crippen LogP contribution in [-0.4, -0.2) is 24.0 Å². The number of hydrogen-bond acceptors (Lipinski definition) is 4. The topological polar surface area (TPSA) is 57.3 Å². The summed E-state index contributed by atoms with van der Waals surface area (Å²) in [4.78, 5) is 19.3. The van der Waals surface area contributed by atoms with Gasteiger partial charge in [-0.15, -0.1) is 0 Å². The first kappa shape index (κ1) is 19.0. The van der Waals surface area contributed by atoms with E-state index in [1.165, 1.54) is 18.5 Å². The summed E-state index contributed by atoms with van der Waals surface area (Å²) in [5.74, 6) is -0.186. The number of amides is 1. The van der Waals surface area contributed by atoms with Crippen molar-refractivity contribution in [3.8, 4) is 0 Å². The van der Waals surface area contributed by atoms with Crippen molar-refractivity contribution in [1.82, 2.24) is 10.3 Å². The van der Waals surface area contributed by atoms with Crippen LogP contribution < -0.4 is 15.5 Å². The van der Waals surface area contributed by atoms with Crippen LogP contribution in [0.25, 0.3) is 0 Å². The van der Waals surface area contributed by atoms with E-state index in [9.17, 15) is 4.79 Å². The Morgan fingerprint density at radius 2 is 1.69 bits per heavy atom. The van der Waals surface area contributed by atoms with Gasteiger partial charge in [0.2, 0.25) is 0 Å². The quantitative estimate of drug-likeness (QED) is 0.632. The second kappa shape index (κ2) is 8.78. The van der Waals surface area contributed by atoms with Crippen LogP contribution >= 0.6 is 0 Å². The average Bonchev–Trinajstić information content (AvgIpc) is 3.30. The highest BCUT2D eigenvalue weighted by Gasteiger charge is 2.14. The molecular formula is C24H26N4O. The van der Waals surface area contributed by atoms with Crippen molar-refractivity contribution < 1.29 is 4.79 Å². The van der Waals surface area contributed by atoms with E-state index < -0.39 is 0 Å². The van der Waals surface area contributed by atoms with Crippen LogP contribution in [0.4, 0.5) is 17.1 Å². The SMILES string of the molecule is CC(NC(=O)c1cc(Nc2ccc(N3CCCC3)cc2)ccn1)c1ccccc1. The maximum atomic E-state index is 12.6. The molecule has 0 radical (unpaired) electrons. The molecule has 29 heavy (non-hydrogen) atoms. The second-order valence-corrected chi connectivity index (χ2v) is 7.40. The van der Waals surface area contributed by atoms with Crippen molar-refractivity contribution in [1.29, 1.82) is 0 Å². The first-order chi connectivity index (χ1) is 14.2. The van der Waals surface area contributed by atoms with Crippen molar-refractivity contribution in [2.45, 2.75) is 25.8 Å². The lowest BCUT2D eigenvalue weighted by Crippen LogP contribution is -2.27. The van der Waals surface area contributed by atoms with E-state index in [4.69, 9.17) is 0 Å². The smallest absolute Gasteiger partial charge is 0.270 e. The third-order valence-electron chi connectivity index (χ3n) is 5.27. The number of aromatic nitrogens is 1. The molecule has 1 amide bonds. The Hall–Kier alpha value is -3.34. The zero-order valence-electron chi connectivity index (χ0n) is 16.6. The summed E-state index contributed by atoms with van der Waals surface area (Å²) >= 11 is 0. The summed E-state index contributed by atoms with van der Waals surface area (Å²) < 4.78 is 0. The number of rotatable bonds is 6. The maximum absolute atomic E-state index is 12.6. The predicted octanol–water partition coefficient (Wildman–Crippen LogP) is 4.92. The molecule has 0 saturated carbocycles. The van der Waals surface area contributed by atoms with Gasteiger partial charge in [-0.1, -0.05) is 30.3 Å². The molecular weight excluding hydrogens is 360 g/mol. The molecule has 1 atom stereocenters. The van der Waals surface area contributed by atoms with E-state index >= 15 is 0 Å². The summed E-state index contributed by atoms with van der Waals surface area (Å²) in [6.07, 6.45) is 4.19. The molecule has 4 rings (SSSR count). The number of benzene rings is 2. The fraction of sp³-hybridized carbons (Fsp3) is 0.250. The summed E-state index contributed by atoms with van der Waals surface area (Å²) in [5.41, 5.74) is 4.55. The molecule has 3 aromatic rings. The molecule has 1 saturated heterocycles. The highest BCUT2D eigenvalue weighted by molar-refractivity contribution is 5.93. The van der Waals surface area contributed by atoms with Gasteiger partial charge in [0.15, 0.2) is 0 Å². The van der Waals surface area contributed by atoms with E-state index in [0.717, 1.165) is 30.0 Å². The number of carbonyl (C=O) groups is 1. The fourth-order valence-corrected chi connectivity index (χ4v) is 3.63. The molecule has 1 fully saturated rings. The van der Waals surface area contributed by atoms with Crippen LogP contribution in [-0.2, 0) is 0 Å². The van der Waals surface area contributed by atoms with Crippen LogP contribution in [0.5, 0.6) is 0 Å². The number of pyridine rings is 1. The van der Waals surface area contributed by atoms with Crippen molar-refractivity contribution >= 4 is 23.0 Å². The Labute approximate surface area is 171 Å². The summed E-state index contributed by atoms with van der Waals surface area (Å²) in [6.45, 7) is 4.24. The van der Waals surface area contributed by atoms with Gasteiger partial charge in [0.25, 0.3) is 5.91 Å². The molecule has 0 aliphatic carbocycles. The molecule has 2 heterocycles. The minimum Gasteiger partial charge on any atom is -0.372 e. The standard InChI is InChI=1S/C24H26N4O/c1-18(19-7-3-2-4-8-19)26-24(29)23-17-21(13-14-25-23)27-20-9-11-22(12-10-20)28-15-5-6-16-28/h2-4,7-14,17-18H,5-6,15-16H2,1H3,(H,25,27)(H,26,29). The largest absolute Gasteiger partial charge is 0.372 e. The van der Waals surface area contributed by atoms with E-state index in [1.54, 1.807) is 12.3 Å². The van der Waals surface area contributed by atoms with Crippen molar-refractivity contribution in [2.24, 2.45) is 0 Å². The number of nitrogens with zero attached hydrogens (tertiary/aromatic N) is 2. The van der Waals surface area contributed by atoms with Gasteiger partial charge in [0, 0.05) is 36.3 Å². The maximum Gasteiger partial charge on any atom is 0.270 e. The molecule has 2 aromatic carbocycles. The highest BCUT2D eigenvalue weighted by Crippen LogP contribution is 2.24. The highest BCUT2D eigenvalue weighted by atomic mass is 16.1. The summed E-state index contributed by atoms with van der Waals surface area (Å²) in [5, 5.41) is 6.37. The minimum atomic E-state index is -0.186. The average molecular weight is 386 g/mol. The van der Waals surface area contributed by atoms with Gasteiger partial charge in [0.1, 0.15) is 5.69 Å². The van der Waals surface area contributed by atoms with Gasteiger partial charge >= 0.3 is 0 Å². The van der Waals surface area contributed by atoms with Crippen LogP contribution in [0.15, 0.2) is 72.9 Å². The second-order valence-electron chi connectivity index (χ2n) is 7.40. The van der Waals surface area contributed by atoms with Crippen LogP contribution in [0.2, 0.25) is 0 Å². The minimum absolute atomic E-state index is 0.0831. The van der Waals surface area contributed by atoms with Gasteiger partial charge in [-0.3, -0.25) is 9.78 Å². The summed E-state index contributed by atoms with van der Waals surface area (Å²) in [6, 6.07) is 21.9. The number of anilines is 3. The Balaban J connectivity index is 1.41. The lowest BCUT2D eigenvalue weighted by atomic mass is 10.1. The molecule has 0 spiro atoms. The van der Waals surface area contributed by atoms with Gasteiger partial charge in [-0.25, -0.2) is 0 Å². The van der Waals surface area contributed by atoms with Gasteiger partial charge < -0.3 is 15.5 Å². The monoisotopic (exact) mass is 386 g/mol. The van der Waals surface area contributed by atoms with E-state index in [2.05, 4.69) is 44.8 Å². The van der Waals surface area contributed by atoms with Gasteiger partial charge in [-0.05, 0) is 61.7 Å². The van der Waals surface area contributed by atoms with Crippen molar-refractivity contribution in [2.75, 3.05) is 23.3 Å². The third kappa shape index (κ3) is 4.74. The molecule has 148 valence electrons. The number of carbonyl (C=O) groups excluding carboxylic acids is 1. The van der Waals surface area contributed by atoms with Crippen LogP contribution in [0, 0.1) is 0 Å². The lowest BCUT2D eigenvalue weighted by molar-refractivity contribution is 0.0935. The van der Waals surface area contributed by atoms with Crippen molar-refractivity contribution in [3.63, 3.8) is 0 Å². The first-order valence-corrected chi connectivity index (χ1v) is 10.1. The molecule has 5 heteroatoms. The Bertz CT molecular complexity index is 950. The molecule has 1 aliphatic heterocycles. The molecule has 0 bridgehead atoms. The molecule has 1 aromatic heterocycles. The Morgan fingerprint density at radius 3 is 2.41 bits per heavy atom. The Morgan fingerprint density at radius 1 is 0.966 bits per heavy atom. The molecule has 1 unspecified atom stereocenters. The van der Waals surface area contributed by atoms with E-state index in [1.807, 2.05) is 43.3 Å².